The summed E-state index contributed by atoms with van der Waals surface area (Å²) in [4.78, 5) is 14.7. The summed E-state index contributed by atoms with van der Waals surface area (Å²) >= 11 is 5.72. The van der Waals surface area contributed by atoms with Crippen LogP contribution in [0.5, 0.6) is 0 Å². The second kappa shape index (κ2) is 7.32. The van der Waals surface area contributed by atoms with Gasteiger partial charge in [-0.05, 0) is 56.5 Å². The lowest BCUT2D eigenvalue weighted by molar-refractivity contribution is -0.129. The van der Waals surface area contributed by atoms with E-state index in [9.17, 15) is 4.79 Å². The summed E-state index contributed by atoms with van der Waals surface area (Å²) in [6, 6.07) is 11.2. The smallest absolute Gasteiger partial charge is 0.225 e. The van der Waals surface area contributed by atoms with Gasteiger partial charge in [-0.2, -0.15) is 0 Å². The first-order valence-corrected chi connectivity index (χ1v) is 9.71. The van der Waals surface area contributed by atoms with E-state index in [0.29, 0.717) is 12.1 Å². The van der Waals surface area contributed by atoms with Crippen molar-refractivity contribution in [3.8, 4) is 0 Å². The zero-order valence-electron chi connectivity index (χ0n) is 15.4. The maximum atomic E-state index is 12.3. The topological polar surface area (TPSA) is 44.4 Å². The van der Waals surface area contributed by atoms with E-state index in [2.05, 4.69) is 15.5 Å². The van der Waals surface area contributed by atoms with E-state index in [1.54, 1.807) is 0 Å². The summed E-state index contributed by atoms with van der Waals surface area (Å²) in [5, 5.41) is 7.48. The van der Waals surface area contributed by atoms with Crippen LogP contribution < -0.4 is 10.6 Å². The molecule has 3 rings (SSSR count). The van der Waals surface area contributed by atoms with Gasteiger partial charge in [-0.3, -0.25) is 4.79 Å². The molecule has 0 spiro atoms. The number of carbonyl (C=O) groups excluding carboxylic acids is 1. The Morgan fingerprint density at radius 3 is 2.28 bits per heavy atom. The van der Waals surface area contributed by atoms with Gasteiger partial charge >= 0.3 is 0 Å². The molecule has 4 nitrogen and oxygen atoms in total. The molecule has 136 valence electrons. The maximum absolute atomic E-state index is 12.3. The molecule has 0 saturated carbocycles. The van der Waals surface area contributed by atoms with E-state index in [4.69, 9.17) is 12.2 Å². The third kappa shape index (κ3) is 4.32. The van der Waals surface area contributed by atoms with Crippen LogP contribution >= 0.6 is 12.2 Å². The molecule has 1 aromatic carbocycles. The van der Waals surface area contributed by atoms with Crippen LogP contribution in [0, 0.1) is 5.41 Å². The van der Waals surface area contributed by atoms with E-state index in [0.717, 1.165) is 36.5 Å². The Bertz CT molecular complexity index is 612. The lowest BCUT2D eigenvalue weighted by atomic mass is 9.81. The van der Waals surface area contributed by atoms with E-state index in [1.807, 2.05) is 51.1 Å². The normalized spacial score (nSPS) is 26.0. The average molecular weight is 360 g/mol. The predicted octanol–water partition coefficient (Wildman–Crippen LogP) is 3.93. The first-order chi connectivity index (χ1) is 11.8. The van der Waals surface area contributed by atoms with Crippen molar-refractivity contribution in [3.05, 3.63) is 30.3 Å². The largest absolute Gasteiger partial charge is 0.353 e. The second-order valence-corrected chi connectivity index (χ2v) is 8.72. The van der Waals surface area contributed by atoms with Gasteiger partial charge in [0, 0.05) is 29.2 Å². The molecule has 2 bridgehead atoms. The van der Waals surface area contributed by atoms with Crippen LogP contribution in [0.3, 0.4) is 0 Å². The third-order valence-electron chi connectivity index (χ3n) is 5.25. The molecule has 2 saturated heterocycles. The third-order valence-corrected chi connectivity index (χ3v) is 5.56. The molecular weight excluding hydrogens is 330 g/mol. The summed E-state index contributed by atoms with van der Waals surface area (Å²) < 4.78 is 0. The molecule has 1 amide bonds. The highest BCUT2D eigenvalue weighted by atomic mass is 32.1. The number of piperidine rings is 2. The molecular formula is C20H29N3OS. The Labute approximate surface area is 156 Å². The molecule has 0 aromatic heterocycles. The van der Waals surface area contributed by atoms with Crippen LogP contribution in [0.4, 0.5) is 5.69 Å². The fraction of sp³-hybridized carbons (Fsp3) is 0.600. The van der Waals surface area contributed by atoms with Crippen LogP contribution in [-0.4, -0.2) is 34.0 Å². The quantitative estimate of drug-likeness (QED) is 0.785. The number of thiocarbonyl (C=S) groups is 1. The predicted molar refractivity (Wildman–Crippen MR) is 107 cm³/mol. The summed E-state index contributed by atoms with van der Waals surface area (Å²) in [5.74, 6) is 0.147. The molecule has 2 heterocycles. The summed E-state index contributed by atoms with van der Waals surface area (Å²) in [6.45, 7) is 5.91. The van der Waals surface area contributed by atoms with E-state index < -0.39 is 0 Å². The number of amides is 1. The van der Waals surface area contributed by atoms with Gasteiger partial charge in [-0.1, -0.05) is 39.0 Å². The SMILES string of the molecule is CC(C)(C)C(=O)NC1CC2CCCC(C1)N2C(=S)Nc1ccccc1. The van der Waals surface area contributed by atoms with Crippen molar-refractivity contribution < 1.29 is 4.79 Å². The summed E-state index contributed by atoms with van der Waals surface area (Å²) in [6.07, 6.45) is 5.51. The number of fused-ring (bicyclic) bond motifs is 2. The molecule has 0 radical (unpaired) electrons. The highest BCUT2D eigenvalue weighted by Crippen LogP contribution is 2.35. The van der Waals surface area contributed by atoms with Crippen LogP contribution in [0.15, 0.2) is 30.3 Å². The van der Waals surface area contributed by atoms with Crippen molar-refractivity contribution in [2.24, 2.45) is 5.41 Å². The molecule has 2 fully saturated rings. The van der Waals surface area contributed by atoms with E-state index >= 15 is 0 Å². The molecule has 1 aromatic rings. The highest BCUT2D eigenvalue weighted by Gasteiger charge is 2.40. The maximum Gasteiger partial charge on any atom is 0.225 e. The number of hydrogen-bond acceptors (Lipinski definition) is 2. The Morgan fingerprint density at radius 2 is 1.72 bits per heavy atom. The highest BCUT2D eigenvalue weighted by molar-refractivity contribution is 7.80. The van der Waals surface area contributed by atoms with Crippen molar-refractivity contribution >= 4 is 28.9 Å². The Hall–Kier alpha value is -1.62. The van der Waals surface area contributed by atoms with Gasteiger partial charge in [-0.15, -0.1) is 0 Å². The van der Waals surface area contributed by atoms with Gasteiger partial charge in [0.25, 0.3) is 0 Å². The Morgan fingerprint density at radius 1 is 1.12 bits per heavy atom. The lowest BCUT2D eigenvalue weighted by Crippen LogP contribution is -2.60. The summed E-state index contributed by atoms with van der Waals surface area (Å²) in [7, 11) is 0. The Balaban J connectivity index is 1.66. The van der Waals surface area contributed by atoms with Gasteiger partial charge in [0.1, 0.15) is 0 Å². The van der Waals surface area contributed by atoms with Crippen LogP contribution in [0.25, 0.3) is 0 Å². The minimum Gasteiger partial charge on any atom is -0.353 e. The van der Waals surface area contributed by atoms with E-state index in [1.165, 1.54) is 6.42 Å². The van der Waals surface area contributed by atoms with Gasteiger partial charge in [0.2, 0.25) is 5.91 Å². The average Bonchev–Trinajstić information content (AvgIpc) is 2.54. The fourth-order valence-corrected chi connectivity index (χ4v) is 4.36. The number of carbonyl (C=O) groups is 1. The number of para-hydroxylation sites is 1. The van der Waals surface area contributed by atoms with Gasteiger partial charge in [0.15, 0.2) is 5.11 Å². The summed E-state index contributed by atoms with van der Waals surface area (Å²) in [5.41, 5.74) is 0.699. The molecule has 5 heteroatoms. The molecule has 25 heavy (non-hydrogen) atoms. The number of nitrogens with zero attached hydrogens (tertiary/aromatic N) is 1. The van der Waals surface area contributed by atoms with E-state index in [-0.39, 0.29) is 17.4 Å². The van der Waals surface area contributed by atoms with Crippen molar-refractivity contribution in [2.45, 2.75) is 71.0 Å². The Kier molecular flexibility index (Phi) is 5.32. The van der Waals surface area contributed by atoms with Crippen molar-refractivity contribution in [2.75, 3.05) is 5.32 Å². The molecule has 2 unspecified atom stereocenters. The first-order valence-electron chi connectivity index (χ1n) is 9.30. The number of hydrogen-bond donors (Lipinski definition) is 2. The second-order valence-electron chi connectivity index (χ2n) is 8.33. The van der Waals surface area contributed by atoms with Gasteiger partial charge in [-0.25, -0.2) is 0 Å². The number of rotatable bonds is 2. The fourth-order valence-electron chi connectivity index (χ4n) is 3.94. The van der Waals surface area contributed by atoms with Crippen molar-refractivity contribution in [3.63, 3.8) is 0 Å². The minimum absolute atomic E-state index is 0.147. The zero-order valence-corrected chi connectivity index (χ0v) is 16.2. The number of nitrogens with one attached hydrogen (secondary N) is 2. The molecule has 2 aliphatic heterocycles. The lowest BCUT2D eigenvalue weighted by Gasteiger charge is -2.50. The molecule has 2 N–H and O–H groups in total. The molecule has 2 atom stereocenters. The number of benzene rings is 1. The standard InChI is InChI=1S/C20H29N3OS/c1-20(2,3)18(24)21-15-12-16-10-7-11-17(13-15)23(16)19(25)22-14-8-5-4-6-9-14/h4-6,8-9,15-17H,7,10-13H2,1-3H3,(H,21,24)(H,22,25). The van der Waals surface area contributed by atoms with Crippen molar-refractivity contribution in [1.29, 1.82) is 0 Å². The zero-order chi connectivity index (χ0) is 18.0. The minimum atomic E-state index is -0.337. The number of anilines is 1. The molecule has 0 aliphatic carbocycles. The molecule has 2 aliphatic rings. The van der Waals surface area contributed by atoms with Crippen LogP contribution in [0.1, 0.15) is 52.9 Å². The first kappa shape index (κ1) is 18.2. The van der Waals surface area contributed by atoms with Crippen molar-refractivity contribution in [1.82, 2.24) is 10.2 Å². The van der Waals surface area contributed by atoms with Crippen LogP contribution in [0.2, 0.25) is 0 Å². The van der Waals surface area contributed by atoms with Gasteiger partial charge < -0.3 is 15.5 Å². The van der Waals surface area contributed by atoms with Crippen LogP contribution in [-0.2, 0) is 4.79 Å². The van der Waals surface area contributed by atoms with Gasteiger partial charge in [0.05, 0.1) is 0 Å². The monoisotopic (exact) mass is 359 g/mol.